The third-order valence-electron chi connectivity index (χ3n) is 3.29. The fourth-order valence-electron chi connectivity index (χ4n) is 2.08. The van der Waals surface area contributed by atoms with Crippen LogP contribution in [0.5, 0.6) is 0 Å². The van der Waals surface area contributed by atoms with Gasteiger partial charge in [0.05, 0.1) is 0 Å². The first kappa shape index (κ1) is 12.9. The summed E-state index contributed by atoms with van der Waals surface area (Å²) in [5.41, 5.74) is 7.01. The van der Waals surface area contributed by atoms with Gasteiger partial charge in [-0.15, -0.1) is 0 Å². The lowest BCUT2D eigenvalue weighted by molar-refractivity contribution is 0.273. The molecule has 2 rings (SSSR count). The first-order valence-electron chi connectivity index (χ1n) is 6.45. The van der Waals surface area contributed by atoms with Gasteiger partial charge in [0.15, 0.2) is 0 Å². The molecule has 2 N–H and O–H groups in total. The van der Waals surface area contributed by atoms with Gasteiger partial charge in [0.25, 0.3) is 0 Å². The van der Waals surface area contributed by atoms with Crippen LogP contribution in [0.15, 0.2) is 24.3 Å². The van der Waals surface area contributed by atoms with Crippen LogP contribution in [0.1, 0.15) is 18.4 Å². The Kier molecular flexibility index (Phi) is 4.84. The van der Waals surface area contributed by atoms with Gasteiger partial charge in [0.2, 0.25) is 0 Å². The molecule has 0 atom stereocenters. The molecule has 1 aliphatic rings. The summed E-state index contributed by atoms with van der Waals surface area (Å²) in [6, 6.07) is 8.15. The van der Waals surface area contributed by atoms with E-state index in [9.17, 15) is 0 Å². The van der Waals surface area contributed by atoms with E-state index in [2.05, 4.69) is 17.0 Å². The molecule has 0 saturated heterocycles. The lowest BCUT2D eigenvalue weighted by Gasteiger charge is -2.21. The first-order valence-corrected chi connectivity index (χ1v) is 6.82. The van der Waals surface area contributed by atoms with Crippen molar-refractivity contribution in [3.8, 4) is 0 Å². The van der Waals surface area contributed by atoms with Crippen LogP contribution in [-0.2, 0) is 6.42 Å². The van der Waals surface area contributed by atoms with Crippen molar-refractivity contribution in [2.45, 2.75) is 19.3 Å². The van der Waals surface area contributed by atoms with Crippen LogP contribution in [0.25, 0.3) is 0 Å². The van der Waals surface area contributed by atoms with Crippen LogP contribution >= 0.6 is 11.6 Å². The predicted molar refractivity (Wildman–Crippen MR) is 73.4 cm³/mol. The van der Waals surface area contributed by atoms with Gasteiger partial charge < -0.3 is 10.6 Å². The number of nitrogens with two attached hydrogens (primary N) is 1. The van der Waals surface area contributed by atoms with Gasteiger partial charge in [0, 0.05) is 31.2 Å². The van der Waals surface area contributed by atoms with E-state index in [-0.39, 0.29) is 0 Å². The topological polar surface area (TPSA) is 29.3 Å². The van der Waals surface area contributed by atoms with Crippen molar-refractivity contribution in [1.29, 1.82) is 0 Å². The molecule has 17 heavy (non-hydrogen) atoms. The molecular weight excluding hydrogens is 232 g/mol. The third kappa shape index (κ3) is 4.66. The van der Waals surface area contributed by atoms with E-state index in [1.165, 1.54) is 24.9 Å². The zero-order valence-electron chi connectivity index (χ0n) is 10.2. The number of halogens is 1. The lowest BCUT2D eigenvalue weighted by Crippen LogP contribution is -2.33. The summed E-state index contributed by atoms with van der Waals surface area (Å²) in [4.78, 5) is 2.49. The van der Waals surface area contributed by atoms with Gasteiger partial charge in [-0.25, -0.2) is 0 Å². The largest absolute Gasteiger partial charge is 0.329 e. The molecule has 1 fully saturated rings. The Morgan fingerprint density at radius 1 is 1.18 bits per heavy atom. The Balaban J connectivity index is 1.78. The second-order valence-corrected chi connectivity index (χ2v) is 5.35. The predicted octanol–water partition coefficient (Wildman–Crippen LogP) is 2.55. The molecule has 1 aromatic rings. The van der Waals surface area contributed by atoms with Crippen LogP contribution in [0.3, 0.4) is 0 Å². The van der Waals surface area contributed by atoms with Crippen LogP contribution in [0.2, 0.25) is 5.02 Å². The molecule has 0 radical (unpaired) electrons. The Bertz CT molecular complexity index is 333. The summed E-state index contributed by atoms with van der Waals surface area (Å²) in [6.45, 7) is 4.11. The van der Waals surface area contributed by atoms with Gasteiger partial charge >= 0.3 is 0 Å². The van der Waals surface area contributed by atoms with E-state index in [0.717, 1.165) is 37.0 Å². The van der Waals surface area contributed by atoms with E-state index in [0.29, 0.717) is 0 Å². The molecule has 1 saturated carbocycles. The average molecular weight is 253 g/mol. The van der Waals surface area contributed by atoms with Gasteiger partial charge in [-0.3, -0.25) is 0 Å². The van der Waals surface area contributed by atoms with E-state index in [4.69, 9.17) is 17.3 Å². The van der Waals surface area contributed by atoms with Gasteiger partial charge in [-0.1, -0.05) is 23.7 Å². The highest BCUT2D eigenvalue weighted by Crippen LogP contribution is 2.29. The number of hydrogen-bond acceptors (Lipinski definition) is 2. The normalized spacial score (nSPS) is 15.5. The van der Waals surface area contributed by atoms with Gasteiger partial charge in [-0.2, -0.15) is 0 Å². The molecule has 3 heteroatoms. The maximum Gasteiger partial charge on any atom is 0.0406 e. The Morgan fingerprint density at radius 2 is 1.88 bits per heavy atom. The highest BCUT2D eigenvalue weighted by molar-refractivity contribution is 6.30. The van der Waals surface area contributed by atoms with E-state index >= 15 is 0 Å². The fourth-order valence-corrected chi connectivity index (χ4v) is 2.21. The fraction of sp³-hybridized carbons (Fsp3) is 0.571. The van der Waals surface area contributed by atoms with E-state index in [1.807, 2.05) is 12.1 Å². The van der Waals surface area contributed by atoms with Crippen molar-refractivity contribution in [2.75, 3.05) is 26.2 Å². The van der Waals surface area contributed by atoms with E-state index in [1.54, 1.807) is 0 Å². The zero-order chi connectivity index (χ0) is 12.1. The minimum Gasteiger partial charge on any atom is -0.329 e. The molecule has 0 aliphatic heterocycles. The smallest absolute Gasteiger partial charge is 0.0406 e. The summed E-state index contributed by atoms with van der Waals surface area (Å²) < 4.78 is 0. The average Bonchev–Trinajstić information content (AvgIpc) is 3.12. The van der Waals surface area contributed by atoms with Crippen molar-refractivity contribution in [3.63, 3.8) is 0 Å². The SMILES string of the molecule is NCCN(CCc1ccc(Cl)cc1)CC1CC1. The van der Waals surface area contributed by atoms with Crippen molar-refractivity contribution >= 4 is 11.6 Å². The lowest BCUT2D eigenvalue weighted by atomic mass is 10.1. The maximum atomic E-state index is 5.87. The molecule has 0 bridgehead atoms. The van der Waals surface area contributed by atoms with Crippen LogP contribution in [-0.4, -0.2) is 31.1 Å². The van der Waals surface area contributed by atoms with Crippen LogP contribution in [0, 0.1) is 5.92 Å². The van der Waals surface area contributed by atoms with Crippen molar-refractivity contribution in [2.24, 2.45) is 11.7 Å². The van der Waals surface area contributed by atoms with Crippen LogP contribution < -0.4 is 5.73 Å². The minimum absolute atomic E-state index is 0.757. The molecule has 94 valence electrons. The molecule has 0 heterocycles. The Morgan fingerprint density at radius 3 is 2.47 bits per heavy atom. The highest BCUT2D eigenvalue weighted by Gasteiger charge is 2.23. The molecule has 0 spiro atoms. The second kappa shape index (κ2) is 6.39. The number of rotatable bonds is 7. The zero-order valence-corrected chi connectivity index (χ0v) is 11.0. The Labute approximate surface area is 109 Å². The summed E-state index contributed by atoms with van der Waals surface area (Å²) in [5, 5.41) is 0.811. The van der Waals surface area contributed by atoms with Gasteiger partial charge in [0.1, 0.15) is 0 Å². The quantitative estimate of drug-likeness (QED) is 0.808. The summed E-state index contributed by atoms with van der Waals surface area (Å²) in [6.07, 6.45) is 3.90. The standard InChI is InChI=1S/C14H21ClN2/c15-14-5-3-12(4-6-14)7-9-17(10-8-16)11-13-1-2-13/h3-6,13H,1-2,7-11,16H2. The molecule has 0 amide bonds. The van der Waals surface area contributed by atoms with Crippen molar-refractivity contribution in [3.05, 3.63) is 34.9 Å². The number of hydrogen-bond donors (Lipinski definition) is 1. The van der Waals surface area contributed by atoms with Crippen molar-refractivity contribution in [1.82, 2.24) is 4.90 Å². The summed E-state index contributed by atoms with van der Waals surface area (Å²) >= 11 is 5.87. The molecular formula is C14H21ClN2. The molecule has 1 aliphatic carbocycles. The molecule has 2 nitrogen and oxygen atoms in total. The summed E-state index contributed by atoms with van der Waals surface area (Å²) in [7, 11) is 0. The van der Waals surface area contributed by atoms with E-state index < -0.39 is 0 Å². The Hall–Kier alpha value is -0.570. The number of benzene rings is 1. The second-order valence-electron chi connectivity index (χ2n) is 4.91. The highest BCUT2D eigenvalue weighted by atomic mass is 35.5. The third-order valence-corrected chi connectivity index (χ3v) is 3.54. The first-order chi connectivity index (χ1) is 8.28. The number of nitrogens with zero attached hydrogens (tertiary/aromatic N) is 1. The molecule has 1 aromatic carbocycles. The molecule has 0 unspecified atom stereocenters. The maximum absolute atomic E-state index is 5.87. The van der Waals surface area contributed by atoms with Crippen molar-refractivity contribution < 1.29 is 0 Å². The van der Waals surface area contributed by atoms with Gasteiger partial charge in [-0.05, 0) is 42.9 Å². The minimum atomic E-state index is 0.757. The van der Waals surface area contributed by atoms with Crippen LogP contribution in [0.4, 0.5) is 0 Å². The summed E-state index contributed by atoms with van der Waals surface area (Å²) in [5.74, 6) is 0.937. The monoisotopic (exact) mass is 252 g/mol. The molecule has 0 aromatic heterocycles.